The maximum atomic E-state index is 11.8. The molecule has 0 saturated heterocycles. The van der Waals surface area contributed by atoms with Crippen LogP contribution >= 0.6 is 15.9 Å². The molecule has 0 radical (unpaired) electrons. The van der Waals surface area contributed by atoms with E-state index in [0.29, 0.717) is 33.9 Å². The van der Waals surface area contributed by atoms with Crippen molar-refractivity contribution in [2.75, 3.05) is 6.61 Å². The lowest BCUT2D eigenvalue weighted by Crippen LogP contribution is -2.05. The van der Waals surface area contributed by atoms with Gasteiger partial charge in [0.05, 0.1) is 6.61 Å². The quantitative estimate of drug-likeness (QED) is 0.396. The van der Waals surface area contributed by atoms with Crippen LogP contribution in [0.3, 0.4) is 0 Å². The fourth-order valence-corrected chi connectivity index (χ4v) is 2.29. The minimum atomic E-state index is -0.516. The fraction of sp³-hybridized carbons (Fsp3) is 0.222. The Balaban J connectivity index is 2.03. The van der Waals surface area contributed by atoms with Crippen molar-refractivity contribution < 1.29 is 23.5 Å². The van der Waals surface area contributed by atoms with Crippen molar-refractivity contribution >= 4 is 33.8 Å². The molecule has 1 aromatic heterocycles. The number of Topliss-reactive ketones (excluding diaryl/α,β-unsaturated/α-hetero) is 1. The number of carbonyl (C=O) groups excluding carboxylic acids is 2. The van der Waals surface area contributed by atoms with Gasteiger partial charge in [-0.15, -0.1) is 0 Å². The number of hydrogen-bond acceptors (Lipinski definition) is 5. The van der Waals surface area contributed by atoms with E-state index in [1.54, 1.807) is 30.3 Å². The third-order valence-electron chi connectivity index (χ3n) is 3.11. The van der Waals surface area contributed by atoms with Crippen molar-refractivity contribution in [1.82, 2.24) is 0 Å². The van der Waals surface area contributed by atoms with Crippen molar-refractivity contribution in [3.8, 4) is 5.75 Å². The molecule has 2 aromatic rings. The van der Waals surface area contributed by atoms with Crippen LogP contribution in [-0.4, -0.2) is 18.4 Å². The molecule has 0 aliphatic rings. The van der Waals surface area contributed by atoms with Crippen molar-refractivity contribution in [2.24, 2.45) is 0 Å². The maximum absolute atomic E-state index is 11.8. The second kappa shape index (κ2) is 8.49. The molecule has 0 spiro atoms. The standard InChI is InChI=1S/C18H17BrO5/c1-3-22-16-7-4-13(12(2)20)10-14(16)11-23-18(21)9-6-15-5-8-17(19)24-15/h4-10H,3,11H2,1-2H3/b9-6+. The molecule has 5 nitrogen and oxygen atoms in total. The third-order valence-corrected chi connectivity index (χ3v) is 3.54. The van der Waals surface area contributed by atoms with E-state index >= 15 is 0 Å². The smallest absolute Gasteiger partial charge is 0.331 e. The molecule has 1 aromatic carbocycles. The Hall–Kier alpha value is -2.34. The van der Waals surface area contributed by atoms with Crippen LogP contribution in [0.2, 0.25) is 0 Å². The molecule has 126 valence electrons. The van der Waals surface area contributed by atoms with Gasteiger partial charge in [0.2, 0.25) is 0 Å². The van der Waals surface area contributed by atoms with E-state index < -0.39 is 5.97 Å². The Morgan fingerprint density at radius 3 is 2.67 bits per heavy atom. The zero-order valence-corrected chi connectivity index (χ0v) is 15.0. The molecular formula is C18H17BrO5. The predicted molar refractivity (Wildman–Crippen MR) is 92.9 cm³/mol. The number of ketones is 1. The highest BCUT2D eigenvalue weighted by Crippen LogP contribution is 2.22. The van der Waals surface area contributed by atoms with E-state index in [1.165, 1.54) is 19.1 Å². The summed E-state index contributed by atoms with van der Waals surface area (Å²) in [6.45, 7) is 3.84. The summed E-state index contributed by atoms with van der Waals surface area (Å²) in [5.74, 6) is 0.550. The Morgan fingerprint density at radius 1 is 1.25 bits per heavy atom. The summed E-state index contributed by atoms with van der Waals surface area (Å²) in [7, 11) is 0. The summed E-state index contributed by atoms with van der Waals surface area (Å²) in [4.78, 5) is 23.3. The molecular weight excluding hydrogens is 376 g/mol. The summed E-state index contributed by atoms with van der Waals surface area (Å²) >= 11 is 3.18. The lowest BCUT2D eigenvalue weighted by atomic mass is 10.1. The topological polar surface area (TPSA) is 65.7 Å². The minimum Gasteiger partial charge on any atom is -0.493 e. The van der Waals surface area contributed by atoms with Gasteiger partial charge in [-0.25, -0.2) is 4.79 Å². The van der Waals surface area contributed by atoms with Gasteiger partial charge in [-0.05, 0) is 66.2 Å². The van der Waals surface area contributed by atoms with Gasteiger partial charge in [0, 0.05) is 17.2 Å². The van der Waals surface area contributed by atoms with Crippen molar-refractivity contribution in [3.63, 3.8) is 0 Å². The van der Waals surface area contributed by atoms with E-state index in [9.17, 15) is 9.59 Å². The number of esters is 1. The first-order valence-electron chi connectivity index (χ1n) is 7.36. The molecule has 0 saturated carbocycles. The summed E-state index contributed by atoms with van der Waals surface area (Å²) in [6.07, 6.45) is 2.79. The summed E-state index contributed by atoms with van der Waals surface area (Å²) in [6, 6.07) is 8.52. The monoisotopic (exact) mass is 392 g/mol. The molecule has 0 atom stereocenters. The van der Waals surface area contributed by atoms with Crippen LogP contribution in [0.4, 0.5) is 0 Å². The fourth-order valence-electron chi connectivity index (χ4n) is 1.97. The minimum absolute atomic E-state index is 0.0154. The molecule has 0 aliphatic heterocycles. The Morgan fingerprint density at radius 2 is 2.04 bits per heavy atom. The number of benzene rings is 1. The molecule has 1 heterocycles. The van der Waals surface area contributed by atoms with Crippen LogP contribution in [0.1, 0.15) is 35.5 Å². The van der Waals surface area contributed by atoms with Gasteiger partial charge < -0.3 is 13.9 Å². The van der Waals surface area contributed by atoms with E-state index in [2.05, 4.69) is 15.9 Å². The zero-order chi connectivity index (χ0) is 17.5. The van der Waals surface area contributed by atoms with Gasteiger partial charge in [-0.3, -0.25) is 4.79 Å². The zero-order valence-electron chi connectivity index (χ0n) is 13.4. The van der Waals surface area contributed by atoms with Gasteiger partial charge in [-0.2, -0.15) is 0 Å². The average molecular weight is 393 g/mol. The summed E-state index contributed by atoms with van der Waals surface area (Å²) in [5.41, 5.74) is 1.19. The van der Waals surface area contributed by atoms with Crippen molar-refractivity contribution in [1.29, 1.82) is 0 Å². The molecule has 0 unspecified atom stereocenters. The Kier molecular flexibility index (Phi) is 6.37. The number of halogens is 1. The largest absolute Gasteiger partial charge is 0.493 e. The lowest BCUT2D eigenvalue weighted by molar-refractivity contribution is -0.138. The number of furan rings is 1. The maximum Gasteiger partial charge on any atom is 0.331 e. The molecule has 24 heavy (non-hydrogen) atoms. The summed E-state index contributed by atoms with van der Waals surface area (Å²) < 4.78 is 16.5. The van der Waals surface area contributed by atoms with E-state index in [-0.39, 0.29) is 12.4 Å². The first-order valence-corrected chi connectivity index (χ1v) is 8.15. The van der Waals surface area contributed by atoms with Crippen LogP contribution in [0.15, 0.2) is 45.5 Å². The van der Waals surface area contributed by atoms with Gasteiger partial charge in [0.1, 0.15) is 18.1 Å². The molecule has 6 heteroatoms. The Labute approximate surface area is 148 Å². The molecule has 0 amide bonds. The van der Waals surface area contributed by atoms with E-state index in [1.807, 2.05) is 6.92 Å². The third kappa shape index (κ3) is 5.09. The highest BCUT2D eigenvalue weighted by atomic mass is 79.9. The molecule has 0 N–H and O–H groups in total. The second-order valence-corrected chi connectivity index (χ2v) is 5.68. The highest BCUT2D eigenvalue weighted by molar-refractivity contribution is 9.10. The SMILES string of the molecule is CCOc1ccc(C(C)=O)cc1COC(=O)/C=C/c1ccc(Br)o1. The molecule has 2 rings (SSSR count). The average Bonchev–Trinajstić information content (AvgIpc) is 2.97. The van der Waals surface area contributed by atoms with Gasteiger partial charge in [-0.1, -0.05) is 0 Å². The van der Waals surface area contributed by atoms with Crippen LogP contribution in [0, 0.1) is 0 Å². The van der Waals surface area contributed by atoms with Crippen molar-refractivity contribution in [3.05, 3.63) is 58.0 Å². The van der Waals surface area contributed by atoms with Gasteiger partial charge in [0.25, 0.3) is 0 Å². The lowest BCUT2D eigenvalue weighted by Gasteiger charge is -2.11. The first kappa shape index (κ1) is 18.0. The number of carbonyl (C=O) groups is 2. The van der Waals surface area contributed by atoms with Gasteiger partial charge >= 0.3 is 5.97 Å². The van der Waals surface area contributed by atoms with Crippen LogP contribution < -0.4 is 4.74 Å². The second-order valence-electron chi connectivity index (χ2n) is 4.89. The van der Waals surface area contributed by atoms with Gasteiger partial charge in [0.15, 0.2) is 10.5 Å². The van der Waals surface area contributed by atoms with E-state index in [4.69, 9.17) is 13.9 Å². The first-order chi connectivity index (χ1) is 11.5. The van der Waals surface area contributed by atoms with Crippen LogP contribution in [0.5, 0.6) is 5.75 Å². The highest BCUT2D eigenvalue weighted by Gasteiger charge is 2.10. The Bertz CT molecular complexity index is 761. The number of rotatable bonds is 7. The normalized spacial score (nSPS) is 10.8. The van der Waals surface area contributed by atoms with Crippen LogP contribution in [0.25, 0.3) is 6.08 Å². The van der Waals surface area contributed by atoms with Crippen molar-refractivity contribution in [2.45, 2.75) is 20.5 Å². The van der Waals surface area contributed by atoms with Crippen LogP contribution in [-0.2, 0) is 16.1 Å². The molecule has 0 bridgehead atoms. The number of ether oxygens (including phenoxy) is 2. The molecule has 0 aliphatic carbocycles. The van der Waals surface area contributed by atoms with E-state index in [0.717, 1.165) is 0 Å². The molecule has 0 fully saturated rings. The predicted octanol–water partition coefficient (Wildman–Crippen LogP) is 4.40. The summed E-state index contributed by atoms with van der Waals surface area (Å²) in [5, 5.41) is 0. The number of hydrogen-bond donors (Lipinski definition) is 0.